The van der Waals surface area contributed by atoms with Crippen LogP contribution in [0.1, 0.15) is 16.1 Å². The standard InChI is InChI=1S/C28H23N3O4S/c1-33-25-13-12-18(14-26(25)34-2)24-15-22(21-10-6-7-11-23(21)31-24)27(32)35-16-20-17-36-28(30-20)29-19-8-4-3-5-9-19/h3-15,17H,16H2,1-2H3,(H,29,30). The van der Waals surface area contributed by atoms with E-state index in [-0.39, 0.29) is 6.61 Å². The fourth-order valence-electron chi connectivity index (χ4n) is 3.78. The third-order valence-corrected chi connectivity index (χ3v) is 6.35. The Bertz CT molecular complexity index is 1520. The number of esters is 1. The van der Waals surface area contributed by atoms with Gasteiger partial charge in [-0.25, -0.2) is 14.8 Å². The third kappa shape index (κ3) is 4.99. The second-order valence-corrected chi connectivity index (χ2v) is 8.71. The number of ether oxygens (including phenoxy) is 3. The number of anilines is 2. The molecule has 5 rings (SSSR count). The van der Waals surface area contributed by atoms with Gasteiger partial charge in [-0.1, -0.05) is 36.4 Å². The minimum Gasteiger partial charge on any atom is -0.493 e. The summed E-state index contributed by atoms with van der Waals surface area (Å²) < 4.78 is 16.4. The highest BCUT2D eigenvalue weighted by Gasteiger charge is 2.17. The summed E-state index contributed by atoms with van der Waals surface area (Å²) in [5.74, 6) is 0.754. The van der Waals surface area contributed by atoms with E-state index >= 15 is 0 Å². The molecule has 0 aliphatic heterocycles. The molecule has 2 heterocycles. The Morgan fingerprint density at radius 1 is 0.889 bits per heavy atom. The molecule has 0 atom stereocenters. The number of methoxy groups -OCH3 is 2. The molecule has 0 saturated heterocycles. The van der Waals surface area contributed by atoms with E-state index in [1.165, 1.54) is 11.3 Å². The Kier molecular flexibility index (Phi) is 6.77. The van der Waals surface area contributed by atoms with Gasteiger partial charge in [0.1, 0.15) is 6.61 Å². The number of carbonyl (C=O) groups is 1. The maximum absolute atomic E-state index is 13.2. The van der Waals surface area contributed by atoms with Crippen molar-refractivity contribution < 1.29 is 19.0 Å². The van der Waals surface area contributed by atoms with Gasteiger partial charge in [0.25, 0.3) is 0 Å². The number of rotatable bonds is 8. The summed E-state index contributed by atoms with van der Waals surface area (Å²) in [5.41, 5.74) is 4.17. The number of carbonyl (C=O) groups excluding carboxylic acids is 1. The summed E-state index contributed by atoms with van der Waals surface area (Å²) in [6.45, 7) is 0.0636. The van der Waals surface area contributed by atoms with Crippen LogP contribution in [-0.2, 0) is 11.3 Å². The summed E-state index contributed by atoms with van der Waals surface area (Å²) >= 11 is 1.45. The molecule has 0 bridgehead atoms. The van der Waals surface area contributed by atoms with Crippen molar-refractivity contribution in [1.82, 2.24) is 9.97 Å². The van der Waals surface area contributed by atoms with Gasteiger partial charge < -0.3 is 19.5 Å². The first-order chi connectivity index (χ1) is 17.6. The first kappa shape index (κ1) is 23.3. The highest BCUT2D eigenvalue weighted by atomic mass is 32.1. The first-order valence-corrected chi connectivity index (χ1v) is 12.1. The van der Waals surface area contributed by atoms with E-state index in [4.69, 9.17) is 19.2 Å². The van der Waals surface area contributed by atoms with Crippen molar-refractivity contribution in [3.8, 4) is 22.8 Å². The molecule has 0 spiro atoms. The van der Waals surface area contributed by atoms with Gasteiger partial charge in [-0.3, -0.25) is 0 Å². The zero-order valence-electron chi connectivity index (χ0n) is 19.7. The normalized spacial score (nSPS) is 10.7. The van der Waals surface area contributed by atoms with E-state index in [2.05, 4.69) is 10.3 Å². The Morgan fingerprint density at radius 3 is 2.47 bits per heavy atom. The van der Waals surface area contributed by atoms with Crippen molar-refractivity contribution in [2.45, 2.75) is 6.61 Å². The largest absolute Gasteiger partial charge is 0.493 e. The maximum Gasteiger partial charge on any atom is 0.339 e. The van der Waals surface area contributed by atoms with Crippen molar-refractivity contribution in [2.75, 3.05) is 19.5 Å². The molecule has 2 aromatic heterocycles. The van der Waals surface area contributed by atoms with Crippen LogP contribution in [0, 0.1) is 0 Å². The number of hydrogen-bond acceptors (Lipinski definition) is 8. The monoisotopic (exact) mass is 497 g/mol. The third-order valence-electron chi connectivity index (χ3n) is 5.54. The van der Waals surface area contributed by atoms with Crippen molar-refractivity contribution in [3.05, 3.63) is 95.5 Å². The highest BCUT2D eigenvalue weighted by Crippen LogP contribution is 2.33. The number of fused-ring (bicyclic) bond motifs is 1. The van der Waals surface area contributed by atoms with Crippen LogP contribution in [-0.4, -0.2) is 30.2 Å². The van der Waals surface area contributed by atoms with Crippen LogP contribution in [0.4, 0.5) is 10.8 Å². The second-order valence-electron chi connectivity index (χ2n) is 7.85. The van der Waals surface area contributed by atoms with Crippen LogP contribution in [0.15, 0.2) is 84.2 Å². The van der Waals surface area contributed by atoms with Gasteiger partial charge in [0.15, 0.2) is 16.6 Å². The lowest BCUT2D eigenvalue weighted by Gasteiger charge is -2.12. The van der Waals surface area contributed by atoms with Gasteiger partial charge in [-0.2, -0.15) is 0 Å². The van der Waals surface area contributed by atoms with E-state index < -0.39 is 5.97 Å². The topological polar surface area (TPSA) is 82.6 Å². The number of para-hydroxylation sites is 2. The molecule has 36 heavy (non-hydrogen) atoms. The average molecular weight is 498 g/mol. The van der Waals surface area contributed by atoms with E-state index in [1.807, 2.05) is 78.2 Å². The summed E-state index contributed by atoms with van der Waals surface area (Å²) in [6, 6.07) is 24.6. The molecule has 8 heteroatoms. The average Bonchev–Trinajstić information content (AvgIpc) is 3.38. The number of nitrogens with zero attached hydrogens (tertiary/aromatic N) is 2. The van der Waals surface area contributed by atoms with Crippen molar-refractivity contribution in [2.24, 2.45) is 0 Å². The van der Waals surface area contributed by atoms with E-state index in [1.54, 1.807) is 20.3 Å². The number of aromatic nitrogens is 2. The Balaban J connectivity index is 1.39. The summed E-state index contributed by atoms with van der Waals surface area (Å²) in [7, 11) is 3.17. The molecule has 7 nitrogen and oxygen atoms in total. The van der Waals surface area contributed by atoms with E-state index in [9.17, 15) is 4.79 Å². The van der Waals surface area contributed by atoms with E-state index in [0.29, 0.717) is 34.0 Å². The van der Waals surface area contributed by atoms with Gasteiger partial charge in [0.05, 0.1) is 36.7 Å². The number of hydrogen-bond donors (Lipinski definition) is 1. The Morgan fingerprint density at radius 2 is 1.67 bits per heavy atom. The molecule has 0 saturated carbocycles. The number of thiazole rings is 1. The first-order valence-electron chi connectivity index (χ1n) is 11.2. The molecule has 0 aliphatic carbocycles. The summed E-state index contributed by atoms with van der Waals surface area (Å²) in [6.07, 6.45) is 0. The maximum atomic E-state index is 13.2. The molecule has 3 aromatic carbocycles. The van der Waals surface area contributed by atoms with Crippen LogP contribution in [0.2, 0.25) is 0 Å². The van der Waals surface area contributed by atoms with Crippen LogP contribution in [0.5, 0.6) is 11.5 Å². The minimum atomic E-state index is -0.444. The lowest BCUT2D eigenvalue weighted by molar-refractivity contribution is 0.0471. The van der Waals surface area contributed by atoms with Gasteiger partial charge in [0.2, 0.25) is 0 Å². The fourth-order valence-corrected chi connectivity index (χ4v) is 4.50. The quantitative estimate of drug-likeness (QED) is 0.246. The zero-order chi connectivity index (χ0) is 24.9. The van der Waals surface area contributed by atoms with Crippen molar-refractivity contribution >= 4 is 39.0 Å². The van der Waals surface area contributed by atoms with Crippen LogP contribution >= 0.6 is 11.3 Å². The van der Waals surface area contributed by atoms with E-state index in [0.717, 1.165) is 21.8 Å². The van der Waals surface area contributed by atoms with Crippen LogP contribution in [0.3, 0.4) is 0 Å². The molecule has 0 amide bonds. The Hall–Kier alpha value is -4.43. The molecule has 0 radical (unpaired) electrons. The number of benzene rings is 3. The van der Waals surface area contributed by atoms with Crippen molar-refractivity contribution in [1.29, 1.82) is 0 Å². The summed E-state index contributed by atoms with van der Waals surface area (Å²) in [4.78, 5) is 22.5. The lowest BCUT2D eigenvalue weighted by atomic mass is 10.0. The number of pyridine rings is 1. The Labute approximate surface area is 212 Å². The number of nitrogens with one attached hydrogen (secondary N) is 1. The lowest BCUT2D eigenvalue weighted by Crippen LogP contribution is -2.07. The minimum absolute atomic E-state index is 0.0636. The molecule has 0 aliphatic rings. The zero-order valence-corrected chi connectivity index (χ0v) is 20.5. The molecule has 0 fully saturated rings. The van der Waals surface area contributed by atoms with Gasteiger partial charge in [-0.05, 0) is 42.5 Å². The highest BCUT2D eigenvalue weighted by molar-refractivity contribution is 7.13. The molecule has 1 N–H and O–H groups in total. The summed E-state index contributed by atoms with van der Waals surface area (Å²) in [5, 5.41) is 6.58. The molecule has 180 valence electrons. The second kappa shape index (κ2) is 10.5. The fraction of sp³-hybridized carbons (Fsp3) is 0.107. The van der Waals surface area contributed by atoms with Gasteiger partial charge >= 0.3 is 5.97 Å². The van der Waals surface area contributed by atoms with Gasteiger partial charge in [-0.15, -0.1) is 11.3 Å². The van der Waals surface area contributed by atoms with Gasteiger partial charge in [0, 0.05) is 22.0 Å². The predicted molar refractivity (Wildman–Crippen MR) is 141 cm³/mol. The van der Waals surface area contributed by atoms with Crippen LogP contribution in [0.25, 0.3) is 22.2 Å². The smallest absolute Gasteiger partial charge is 0.339 e. The SMILES string of the molecule is COc1ccc(-c2cc(C(=O)OCc3csc(Nc4ccccc4)n3)c3ccccc3n2)cc1OC. The molecular weight excluding hydrogens is 474 g/mol. The van der Waals surface area contributed by atoms with Crippen LogP contribution < -0.4 is 14.8 Å². The predicted octanol–water partition coefficient (Wildman–Crippen LogP) is 6.48. The molecule has 0 unspecified atom stereocenters. The van der Waals surface area contributed by atoms with Crippen molar-refractivity contribution in [3.63, 3.8) is 0 Å². The molecular formula is C28H23N3O4S. The molecule has 5 aromatic rings.